The molecule has 4 atom stereocenters. The molecule has 0 spiro atoms. The maximum atomic E-state index is 10.0. The van der Waals surface area contributed by atoms with Gasteiger partial charge in [0, 0.05) is 0 Å². The number of imidazole rings is 1. The molecule has 2 aromatic rings. The molecular weight excluding hydrogens is 274 g/mol. The third kappa shape index (κ3) is 1.84. The standard InChI is InChI=1S/C10H12ClN5O3/c11-1-4-6(17)7(18)10(19-4)16-3-15-5-8(12)13-2-14-9(5)16/h2-4,6-7,10,17-18H,1H2,(H2,12,13,14)/t4-,6+,7?,10-/m1/s1. The van der Waals surface area contributed by atoms with Gasteiger partial charge in [-0.1, -0.05) is 0 Å². The van der Waals surface area contributed by atoms with Crippen molar-refractivity contribution in [1.29, 1.82) is 0 Å². The molecule has 0 radical (unpaired) electrons. The van der Waals surface area contributed by atoms with Crippen molar-refractivity contribution in [2.45, 2.75) is 24.5 Å². The molecule has 3 rings (SSSR count). The van der Waals surface area contributed by atoms with Crippen molar-refractivity contribution in [3.05, 3.63) is 12.7 Å². The zero-order valence-electron chi connectivity index (χ0n) is 9.72. The summed E-state index contributed by atoms with van der Waals surface area (Å²) >= 11 is 5.67. The van der Waals surface area contributed by atoms with Crippen molar-refractivity contribution in [2.75, 3.05) is 11.6 Å². The molecule has 102 valence electrons. The maximum absolute atomic E-state index is 10.0. The number of alkyl halides is 1. The third-order valence-corrected chi connectivity index (χ3v) is 3.45. The summed E-state index contributed by atoms with van der Waals surface area (Å²) in [6, 6.07) is 0. The summed E-state index contributed by atoms with van der Waals surface area (Å²) in [6.07, 6.45) is -0.882. The van der Waals surface area contributed by atoms with E-state index in [-0.39, 0.29) is 11.7 Å². The van der Waals surface area contributed by atoms with Crippen molar-refractivity contribution >= 4 is 28.6 Å². The highest BCUT2D eigenvalue weighted by Crippen LogP contribution is 2.32. The SMILES string of the molecule is Nc1ncnc2c1ncn2[C@@H]1O[C@H](CCl)[C@H](O)C1O. The van der Waals surface area contributed by atoms with Crippen LogP contribution in [0.3, 0.4) is 0 Å². The van der Waals surface area contributed by atoms with Crippen LogP contribution >= 0.6 is 11.6 Å². The molecule has 9 heteroatoms. The lowest BCUT2D eigenvalue weighted by Gasteiger charge is -2.16. The van der Waals surface area contributed by atoms with E-state index < -0.39 is 24.5 Å². The summed E-state index contributed by atoms with van der Waals surface area (Å²) in [7, 11) is 0. The number of nitrogen functional groups attached to an aromatic ring is 1. The topological polar surface area (TPSA) is 119 Å². The van der Waals surface area contributed by atoms with E-state index in [0.29, 0.717) is 11.2 Å². The first-order valence-corrected chi connectivity index (χ1v) is 6.17. The first-order valence-electron chi connectivity index (χ1n) is 5.64. The molecule has 1 aliphatic rings. The van der Waals surface area contributed by atoms with E-state index >= 15 is 0 Å². The molecule has 1 unspecified atom stereocenters. The van der Waals surface area contributed by atoms with E-state index in [4.69, 9.17) is 22.1 Å². The Balaban J connectivity index is 2.04. The van der Waals surface area contributed by atoms with E-state index in [1.54, 1.807) is 0 Å². The molecule has 0 saturated carbocycles. The average Bonchev–Trinajstić information content (AvgIpc) is 2.94. The largest absolute Gasteiger partial charge is 0.387 e. The van der Waals surface area contributed by atoms with Crippen molar-refractivity contribution < 1.29 is 14.9 Å². The summed E-state index contributed by atoms with van der Waals surface area (Å²) in [5, 5.41) is 19.8. The van der Waals surface area contributed by atoms with Gasteiger partial charge >= 0.3 is 0 Å². The molecular formula is C10H12ClN5O3. The van der Waals surface area contributed by atoms with Crippen LogP contribution in [-0.4, -0.2) is 53.9 Å². The first kappa shape index (κ1) is 12.5. The van der Waals surface area contributed by atoms with Gasteiger partial charge in [-0.05, 0) is 0 Å². The van der Waals surface area contributed by atoms with Crippen molar-refractivity contribution in [3.63, 3.8) is 0 Å². The number of aromatic nitrogens is 4. The van der Waals surface area contributed by atoms with Gasteiger partial charge in [0.2, 0.25) is 0 Å². The summed E-state index contributed by atoms with van der Waals surface area (Å²) in [4.78, 5) is 12.0. The van der Waals surface area contributed by atoms with Crippen molar-refractivity contribution in [3.8, 4) is 0 Å². The zero-order chi connectivity index (χ0) is 13.6. The molecule has 0 aromatic carbocycles. The lowest BCUT2D eigenvalue weighted by atomic mass is 10.1. The molecule has 1 fully saturated rings. The Kier molecular flexibility index (Phi) is 3.02. The number of nitrogens with two attached hydrogens (primary N) is 1. The number of ether oxygens (including phenoxy) is 1. The highest BCUT2D eigenvalue weighted by molar-refractivity contribution is 6.18. The summed E-state index contributed by atoms with van der Waals surface area (Å²) in [5.41, 5.74) is 6.53. The van der Waals surface area contributed by atoms with Gasteiger partial charge in [0.05, 0.1) is 12.2 Å². The molecule has 4 N–H and O–H groups in total. The van der Waals surface area contributed by atoms with E-state index in [0.717, 1.165) is 0 Å². The Labute approximate surface area is 112 Å². The molecule has 1 saturated heterocycles. The van der Waals surface area contributed by atoms with Crippen molar-refractivity contribution in [2.24, 2.45) is 0 Å². The second-order valence-corrected chi connectivity index (χ2v) is 4.59. The Morgan fingerprint density at radius 1 is 1.32 bits per heavy atom. The quantitative estimate of drug-likeness (QED) is 0.622. The molecule has 0 amide bonds. The summed E-state index contributed by atoms with van der Waals surface area (Å²) in [5.74, 6) is 0.323. The Hall–Kier alpha value is -1.48. The smallest absolute Gasteiger partial charge is 0.167 e. The minimum atomic E-state index is -1.11. The number of anilines is 1. The fourth-order valence-electron chi connectivity index (χ4n) is 2.14. The Bertz CT molecular complexity index is 606. The van der Waals surface area contributed by atoms with Crippen LogP contribution < -0.4 is 5.73 Å². The van der Waals surface area contributed by atoms with E-state index in [1.807, 2.05) is 0 Å². The molecule has 0 bridgehead atoms. The van der Waals surface area contributed by atoms with Crippen LogP contribution in [0.15, 0.2) is 12.7 Å². The van der Waals surface area contributed by atoms with E-state index in [9.17, 15) is 10.2 Å². The van der Waals surface area contributed by atoms with Gasteiger partial charge in [-0.15, -0.1) is 11.6 Å². The second-order valence-electron chi connectivity index (χ2n) is 4.28. The fourth-order valence-corrected chi connectivity index (χ4v) is 2.40. The predicted molar refractivity (Wildman–Crippen MR) is 66.4 cm³/mol. The average molecular weight is 286 g/mol. The summed E-state index contributed by atoms with van der Waals surface area (Å²) in [6.45, 7) is 0. The number of aliphatic hydroxyl groups excluding tert-OH is 2. The van der Waals surface area contributed by atoms with Crippen molar-refractivity contribution in [1.82, 2.24) is 19.5 Å². The first-order chi connectivity index (χ1) is 9.13. The maximum Gasteiger partial charge on any atom is 0.167 e. The number of rotatable bonds is 2. The summed E-state index contributed by atoms with van der Waals surface area (Å²) < 4.78 is 7.03. The fraction of sp³-hybridized carbons (Fsp3) is 0.500. The van der Waals surface area contributed by atoms with E-state index in [2.05, 4.69) is 15.0 Å². The zero-order valence-corrected chi connectivity index (χ0v) is 10.5. The lowest BCUT2D eigenvalue weighted by molar-refractivity contribution is -0.0291. The van der Waals surface area contributed by atoms with Crippen LogP contribution in [0.25, 0.3) is 11.2 Å². The number of nitrogens with zero attached hydrogens (tertiary/aromatic N) is 4. The second kappa shape index (κ2) is 4.57. The molecule has 19 heavy (non-hydrogen) atoms. The van der Waals surface area contributed by atoms with Crippen LogP contribution in [0, 0.1) is 0 Å². The monoisotopic (exact) mass is 285 g/mol. The highest BCUT2D eigenvalue weighted by Gasteiger charge is 2.43. The van der Waals surface area contributed by atoms with Crippen LogP contribution in [0.1, 0.15) is 6.23 Å². The number of hydrogen-bond donors (Lipinski definition) is 3. The predicted octanol–water partition coefficient (Wildman–Crippen LogP) is -0.734. The molecule has 3 heterocycles. The number of fused-ring (bicyclic) bond motifs is 1. The minimum Gasteiger partial charge on any atom is -0.387 e. The number of hydrogen-bond acceptors (Lipinski definition) is 7. The molecule has 1 aliphatic heterocycles. The Morgan fingerprint density at radius 3 is 2.79 bits per heavy atom. The normalized spacial score (nSPS) is 31.1. The van der Waals surface area contributed by atoms with E-state index in [1.165, 1.54) is 17.2 Å². The highest BCUT2D eigenvalue weighted by atomic mass is 35.5. The Morgan fingerprint density at radius 2 is 2.11 bits per heavy atom. The third-order valence-electron chi connectivity index (χ3n) is 3.15. The molecule has 2 aromatic heterocycles. The van der Waals surface area contributed by atoms with Gasteiger partial charge in [0.25, 0.3) is 0 Å². The van der Waals surface area contributed by atoms with Crippen LogP contribution in [-0.2, 0) is 4.74 Å². The van der Waals surface area contributed by atoms with Gasteiger partial charge in [0.15, 0.2) is 17.7 Å². The van der Waals surface area contributed by atoms with Crippen LogP contribution in [0.5, 0.6) is 0 Å². The number of halogens is 1. The lowest BCUT2D eigenvalue weighted by Crippen LogP contribution is -2.32. The van der Waals surface area contributed by atoms with Gasteiger partial charge in [-0.3, -0.25) is 4.57 Å². The minimum absolute atomic E-state index is 0.0818. The molecule has 0 aliphatic carbocycles. The van der Waals surface area contributed by atoms with Crippen LogP contribution in [0.4, 0.5) is 5.82 Å². The van der Waals surface area contributed by atoms with Gasteiger partial charge in [-0.25, -0.2) is 15.0 Å². The van der Waals surface area contributed by atoms with Gasteiger partial charge in [0.1, 0.15) is 30.2 Å². The van der Waals surface area contributed by atoms with Crippen LogP contribution in [0.2, 0.25) is 0 Å². The number of aliphatic hydroxyl groups is 2. The van der Waals surface area contributed by atoms with Gasteiger partial charge in [-0.2, -0.15) is 0 Å². The molecule has 8 nitrogen and oxygen atoms in total. The van der Waals surface area contributed by atoms with Gasteiger partial charge < -0.3 is 20.7 Å².